The van der Waals surface area contributed by atoms with Gasteiger partial charge in [-0.2, -0.15) is 4.98 Å². The van der Waals surface area contributed by atoms with E-state index in [0.29, 0.717) is 17.2 Å². The molecule has 0 radical (unpaired) electrons. The van der Waals surface area contributed by atoms with Crippen LogP contribution in [0.3, 0.4) is 0 Å². The quantitative estimate of drug-likeness (QED) is 0.673. The van der Waals surface area contributed by atoms with E-state index in [4.69, 9.17) is 4.74 Å². The van der Waals surface area contributed by atoms with Gasteiger partial charge in [-0.05, 0) is 43.7 Å². The van der Waals surface area contributed by atoms with Crippen LogP contribution in [0, 0.1) is 11.6 Å². The molecule has 8 heteroatoms. The van der Waals surface area contributed by atoms with E-state index in [1.165, 1.54) is 22.9 Å². The zero-order chi connectivity index (χ0) is 20.5. The van der Waals surface area contributed by atoms with Gasteiger partial charge in [0.2, 0.25) is 5.95 Å². The third-order valence-electron chi connectivity index (χ3n) is 4.63. The Morgan fingerprint density at radius 3 is 2.72 bits per heavy atom. The Morgan fingerprint density at radius 1 is 1.21 bits per heavy atom. The molecular weight excluding hydrogens is 378 g/mol. The highest BCUT2D eigenvalue weighted by Crippen LogP contribution is 2.37. The van der Waals surface area contributed by atoms with E-state index in [1.807, 2.05) is 0 Å². The number of allylic oxidation sites excluding steroid dienone is 1. The molecule has 0 fully saturated rings. The molecule has 1 aromatic heterocycles. The molecule has 148 valence electrons. The summed E-state index contributed by atoms with van der Waals surface area (Å²) >= 11 is 0. The van der Waals surface area contributed by atoms with E-state index < -0.39 is 23.6 Å². The summed E-state index contributed by atoms with van der Waals surface area (Å²) in [5.41, 5.74) is 1.53. The first-order valence-electron chi connectivity index (χ1n) is 9.11. The molecule has 0 aliphatic carbocycles. The minimum absolute atomic E-state index is 0.157. The summed E-state index contributed by atoms with van der Waals surface area (Å²) in [7, 11) is 0. The van der Waals surface area contributed by atoms with Gasteiger partial charge in [-0.1, -0.05) is 24.3 Å². The summed E-state index contributed by atoms with van der Waals surface area (Å²) in [6.45, 7) is 3.61. The van der Waals surface area contributed by atoms with Crippen molar-refractivity contribution in [2.24, 2.45) is 0 Å². The number of hydrogen-bond acceptors (Lipinski definition) is 5. The summed E-state index contributed by atoms with van der Waals surface area (Å²) < 4.78 is 34.9. The maximum absolute atomic E-state index is 14.3. The van der Waals surface area contributed by atoms with E-state index >= 15 is 0 Å². The first kappa shape index (κ1) is 18.8. The van der Waals surface area contributed by atoms with Gasteiger partial charge in [0, 0.05) is 5.70 Å². The fourth-order valence-corrected chi connectivity index (χ4v) is 3.37. The molecule has 1 N–H and O–H groups in total. The average molecular weight is 396 g/mol. The topological polar surface area (TPSA) is 69.0 Å². The van der Waals surface area contributed by atoms with Crippen LogP contribution in [-0.4, -0.2) is 27.3 Å². The van der Waals surface area contributed by atoms with Crippen molar-refractivity contribution in [1.29, 1.82) is 0 Å². The van der Waals surface area contributed by atoms with E-state index in [1.54, 1.807) is 44.2 Å². The van der Waals surface area contributed by atoms with Crippen molar-refractivity contribution in [3.8, 4) is 11.4 Å². The molecule has 0 bridgehead atoms. The summed E-state index contributed by atoms with van der Waals surface area (Å²) in [5, 5.41) is 7.46. The fraction of sp³-hybridized carbons (Fsp3) is 0.190. The number of rotatable bonds is 4. The third kappa shape index (κ3) is 3.37. The number of benzene rings is 2. The number of ether oxygens (including phenoxy) is 1. The largest absolute Gasteiger partial charge is 0.463 e. The molecule has 4 rings (SSSR count). The van der Waals surface area contributed by atoms with E-state index in [0.717, 1.165) is 0 Å². The smallest absolute Gasteiger partial charge is 0.338 e. The van der Waals surface area contributed by atoms with Gasteiger partial charge in [-0.25, -0.2) is 18.3 Å². The number of fused-ring (bicyclic) bond motifs is 1. The summed E-state index contributed by atoms with van der Waals surface area (Å²) in [4.78, 5) is 17.1. The molecule has 2 aromatic carbocycles. The van der Waals surface area contributed by atoms with Crippen LogP contribution in [0.25, 0.3) is 11.4 Å². The second-order valence-corrected chi connectivity index (χ2v) is 6.53. The summed E-state index contributed by atoms with van der Waals surface area (Å²) in [5.74, 6) is -0.973. The molecule has 0 amide bonds. The predicted octanol–water partition coefficient (Wildman–Crippen LogP) is 4.08. The normalized spacial score (nSPS) is 15.7. The number of nitrogens with one attached hydrogen (secondary N) is 1. The van der Waals surface area contributed by atoms with Crippen molar-refractivity contribution in [2.75, 3.05) is 11.9 Å². The predicted molar refractivity (Wildman–Crippen MR) is 103 cm³/mol. The molecule has 29 heavy (non-hydrogen) atoms. The van der Waals surface area contributed by atoms with E-state index in [2.05, 4.69) is 15.4 Å². The second-order valence-electron chi connectivity index (χ2n) is 6.53. The molecule has 0 saturated heterocycles. The van der Waals surface area contributed by atoms with Crippen LogP contribution >= 0.6 is 0 Å². The van der Waals surface area contributed by atoms with Gasteiger partial charge in [0.15, 0.2) is 5.82 Å². The Kier molecular flexibility index (Phi) is 4.84. The number of aromatic nitrogens is 3. The minimum Gasteiger partial charge on any atom is -0.463 e. The zero-order valence-corrected chi connectivity index (χ0v) is 15.8. The van der Waals surface area contributed by atoms with Gasteiger partial charge < -0.3 is 10.1 Å². The monoisotopic (exact) mass is 396 g/mol. The molecule has 1 unspecified atom stereocenters. The summed E-state index contributed by atoms with van der Waals surface area (Å²) in [6, 6.07) is 11.3. The molecule has 1 aliphatic rings. The van der Waals surface area contributed by atoms with Gasteiger partial charge in [-0.3, -0.25) is 0 Å². The minimum atomic E-state index is -0.769. The molecule has 0 spiro atoms. The van der Waals surface area contributed by atoms with Crippen LogP contribution in [0.15, 0.2) is 59.8 Å². The van der Waals surface area contributed by atoms with Crippen molar-refractivity contribution in [2.45, 2.75) is 19.9 Å². The highest BCUT2D eigenvalue weighted by Gasteiger charge is 2.35. The number of carbonyl (C=O) groups is 1. The first-order chi connectivity index (χ1) is 14.0. The van der Waals surface area contributed by atoms with E-state index in [-0.39, 0.29) is 23.6 Å². The number of esters is 1. The lowest BCUT2D eigenvalue weighted by Crippen LogP contribution is -2.29. The molecular formula is C21H18F2N4O2. The number of halogens is 2. The highest BCUT2D eigenvalue weighted by molar-refractivity contribution is 5.92. The lowest BCUT2D eigenvalue weighted by Gasteiger charge is -2.28. The SMILES string of the molecule is CCOC(=O)C1=C(C)Nc2nc(-c3ccccc3F)nn2C1c1cccc(F)c1. The molecule has 2 heterocycles. The Balaban J connectivity index is 1.89. The van der Waals surface area contributed by atoms with Crippen LogP contribution in [0.4, 0.5) is 14.7 Å². The highest BCUT2D eigenvalue weighted by atomic mass is 19.1. The van der Waals surface area contributed by atoms with Gasteiger partial charge >= 0.3 is 5.97 Å². The van der Waals surface area contributed by atoms with Crippen molar-refractivity contribution in [3.63, 3.8) is 0 Å². The molecule has 1 aliphatic heterocycles. The molecule has 0 saturated carbocycles. The van der Waals surface area contributed by atoms with Crippen molar-refractivity contribution in [3.05, 3.63) is 77.0 Å². The van der Waals surface area contributed by atoms with Crippen LogP contribution in [0.1, 0.15) is 25.5 Å². The van der Waals surface area contributed by atoms with Gasteiger partial charge in [-0.15, -0.1) is 5.10 Å². The Morgan fingerprint density at radius 2 is 2.00 bits per heavy atom. The maximum Gasteiger partial charge on any atom is 0.338 e. The Bertz CT molecular complexity index is 1120. The fourth-order valence-electron chi connectivity index (χ4n) is 3.37. The molecule has 1 atom stereocenters. The van der Waals surface area contributed by atoms with Crippen molar-refractivity contribution < 1.29 is 18.3 Å². The van der Waals surface area contributed by atoms with Crippen LogP contribution in [-0.2, 0) is 9.53 Å². The van der Waals surface area contributed by atoms with Gasteiger partial charge in [0.25, 0.3) is 0 Å². The van der Waals surface area contributed by atoms with Gasteiger partial charge in [0.05, 0.1) is 17.7 Å². The van der Waals surface area contributed by atoms with E-state index in [9.17, 15) is 13.6 Å². The zero-order valence-electron chi connectivity index (χ0n) is 15.8. The lowest BCUT2D eigenvalue weighted by atomic mass is 9.96. The lowest BCUT2D eigenvalue weighted by molar-refractivity contribution is -0.139. The van der Waals surface area contributed by atoms with Crippen molar-refractivity contribution in [1.82, 2.24) is 14.8 Å². The van der Waals surface area contributed by atoms with Crippen LogP contribution in [0.2, 0.25) is 0 Å². The standard InChI is InChI=1S/C21H18F2N4O2/c1-3-29-20(28)17-12(2)24-21-25-19(15-9-4-5-10-16(15)23)26-27(21)18(17)13-7-6-8-14(22)11-13/h4-11,18H,3H2,1-2H3,(H,24,25,26). The Hall–Kier alpha value is -3.55. The summed E-state index contributed by atoms with van der Waals surface area (Å²) in [6.07, 6.45) is 0. The van der Waals surface area contributed by atoms with Crippen molar-refractivity contribution >= 4 is 11.9 Å². The molecule has 6 nitrogen and oxygen atoms in total. The second kappa shape index (κ2) is 7.46. The Labute approximate surface area is 165 Å². The number of anilines is 1. The number of hydrogen-bond donors (Lipinski definition) is 1. The molecule has 3 aromatic rings. The van der Waals surface area contributed by atoms with Crippen LogP contribution < -0.4 is 5.32 Å². The number of nitrogens with zero attached hydrogens (tertiary/aromatic N) is 3. The third-order valence-corrected chi connectivity index (χ3v) is 4.63. The first-order valence-corrected chi connectivity index (χ1v) is 9.11. The van der Waals surface area contributed by atoms with Gasteiger partial charge in [0.1, 0.15) is 17.7 Å². The maximum atomic E-state index is 14.3. The van der Waals surface area contributed by atoms with Crippen LogP contribution in [0.5, 0.6) is 0 Å². The number of carbonyl (C=O) groups excluding carboxylic acids is 1. The average Bonchev–Trinajstić information content (AvgIpc) is 3.10.